The van der Waals surface area contributed by atoms with Gasteiger partial charge in [0.1, 0.15) is 11.3 Å². The number of phenols is 1. The van der Waals surface area contributed by atoms with Gasteiger partial charge in [0.15, 0.2) is 6.61 Å². The van der Waals surface area contributed by atoms with Crippen LogP contribution in [0.15, 0.2) is 24.3 Å². The van der Waals surface area contributed by atoms with Crippen LogP contribution < -0.4 is 5.32 Å². The number of para-hydroxylation sites is 1. The lowest BCUT2D eigenvalue weighted by Gasteiger charge is -2.12. The Morgan fingerprint density at radius 2 is 2.11 bits per heavy atom. The van der Waals surface area contributed by atoms with E-state index in [1.165, 1.54) is 12.1 Å². The highest BCUT2D eigenvalue weighted by molar-refractivity contribution is 5.93. The molecule has 0 bridgehead atoms. The number of hydrogen-bond donors (Lipinski definition) is 2. The Kier molecular flexibility index (Phi) is 4.04. The molecular weight excluding hydrogens is 246 g/mol. The van der Waals surface area contributed by atoms with Gasteiger partial charge in [-0.2, -0.15) is 0 Å². The fourth-order valence-electron chi connectivity index (χ4n) is 1.86. The van der Waals surface area contributed by atoms with Crippen LogP contribution in [0.3, 0.4) is 0 Å². The number of amides is 1. The lowest BCUT2D eigenvalue weighted by Crippen LogP contribution is -2.37. The normalized spacial score (nSPS) is 15.6. The van der Waals surface area contributed by atoms with Crippen molar-refractivity contribution in [2.75, 3.05) is 6.61 Å². The maximum Gasteiger partial charge on any atom is 0.342 e. The van der Waals surface area contributed by atoms with Crippen LogP contribution in [0.5, 0.6) is 5.75 Å². The van der Waals surface area contributed by atoms with Crippen molar-refractivity contribution in [1.29, 1.82) is 0 Å². The quantitative estimate of drug-likeness (QED) is 0.789. The minimum atomic E-state index is -0.702. The summed E-state index contributed by atoms with van der Waals surface area (Å²) >= 11 is 0. The molecule has 0 aromatic heterocycles. The third kappa shape index (κ3) is 3.71. The topological polar surface area (TPSA) is 75.6 Å². The molecule has 1 saturated carbocycles. The zero-order chi connectivity index (χ0) is 13.8. The molecule has 1 aliphatic rings. The van der Waals surface area contributed by atoms with Crippen LogP contribution in [0.25, 0.3) is 0 Å². The van der Waals surface area contributed by atoms with Gasteiger partial charge in [0, 0.05) is 6.04 Å². The SMILES string of the molecule is C[C@@H](NC(=O)COC(=O)c1ccccc1O)C1CC1. The van der Waals surface area contributed by atoms with Crippen LogP contribution in [0.1, 0.15) is 30.1 Å². The van der Waals surface area contributed by atoms with Gasteiger partial charge >= 0.3 is 5.97 Å². The van der Waals surface area contributed by atoms with E-state index < -0.39 is 5.97 Å². The first-order valence-electron chi connectivity index (χ1n) is 6.32. The summed E-state index contributed by atoms with van der Waals surface area (Å²) in [4.78, 5) is 23.2. The van der Waals surface area contributed by atoms with Gasteiger partial charge in [-0.1, -0.05) is 12.1 Å². The van der Waals surface area contributed by atoms with Crippen molar-refractivity contribution < 1.29 is 19.4 Å². The van der Waals surface area contributed by atoms with E-state index >= 15 is 0 Å². The number of aromatic hydroxyl groups is 1. The second kappa shape index (κ2) is 5.73. The Balaban J connectivity index is 1.80. The van der Waals surface area contributed by atoms with E-state index in [9.17, 15) is 14.7 Å². The van der Waals surface area contributed by atoms with Crippen LogP contribution in [0.2, 0.25) is 0 Å². The third-order valence-electron chi connectivity index (χ3n) is 3.18. The maximum atomic E-state index is 11.6. The minimum absolute atomic E-state index is 0.0607. The van der Waals surface area contributed by atoms with E-state index in [4.69, 9.17) is 4.74 Å². The Labute approximate surface area is 111 Å². The first-order valence-corrected chi connectivity index (χ1v) is 6.32. The van der Waals surface area contributed by atoms with Crippen molar-refractivity contribution in [1.82, 2.24) is 5.32 Å². The Hall–Kier alpha value is -2.04. The first-order chi connectivity index (χ1) is 9.08. The summed E-state index contributed by atoms with van der Waals surface area (Å²) in [6.45, 7) is 1.62. The molecule has 0 saturated heterocycles. The molecule has 1 aliphatic carbocycles. The van der Waals surface area contributed by atoms with E-state index in [1.54, 1.807) is 12.1 Å². The predicted octanol–water partition coefficient (Wildman–Crippen LogP) is 1.46. The van der Waals surface area contributed by atoms with Crippen molar-refractivity contribution in [3.63, 3.8) is 0 Å². The lowest BCUT2D eigenvalue weighted by atomic mass is 10.2. The smallest absolute Gasteiger partial charge is 0.342 e. The summed E-state index contributed by atoms with van der Waals surface area (Å²) in [5.74, 6) is -0.618. The number of hydrogen-bond acceptors (Lipinski definition) is 4. The Morgan fingerprint density at radius 3 is 2.74 bits per heavy atom. The highest BCUT2D eigenvalue weighted by Crippen LogP contribution is 2.32. The monoisotopic (exact) mass is 263 g/mol. The fraction of sp³-hybridized carbons (Fsp3) is 0.429. The number of benzene rings is 1. The summed E-state index contributed by atoms with van der Waals surface area (Å²) in [6.07, 6.45) is 2.28. The van der Waals surface area contributed by atoms with Gasteiger partial charge in [-0.25, -0.2) is 4.79 Å². The molecular formula is C14H17NO4. The van der Waals surface area contributed by atoms with E-state index in [0.29, 0.717) is 5.92 Å². The summed E-state index contributed by atoms with van der Waals surface area (Å²) in [5, 5.41) is 12.3. The van der Waals surface area contributed by atoms with Gasteiger partial charge < -0.3 is 15.2 Å². The number of carbonyl (C=O) groups is 2. The number of esters is 1. The molecule has 19 heavy (non-hydrogen) atoms. The molecule has 0 aliphatic heterocycles. The van der Waals surface area contributed by atoms with Crippen LogP contribution in [0.4, 0.5) is 0 Å². The average Bonchev–Trinajstić information content (AvgIpc) is 3.20. The van der Waals surface area contributed by atoms with Crippen molar-refractivity contribution in [3.8, 4) is 5.75 Å². The molecule has 1 aromatic rings. The molecule has 1 fully saturated rings. The van der Waals surface area contributed by atoms with Crippen LogP contribution in [-0.2, 0) is 9.53 Å². The maximum absolute atomic E-state index is 11.6. The molecule has 2 N–H and O–H groups in total. The summed E-state index contributed by atoms with van der Waals surface area (Å²) in [5.41, 5.74) is 0.0607. The molecule has 0 spiro atoms. The molecule has 0 heterocycles. The van der Waals surface area contributed by atoms with Crippen LogP contribution in [0, 0.1) is 5.92 Å². The van der Waals surface area contributed by atoms with E-state index in [2.05, 4.69) is 5.32 Å². The van der Waals surface area contributed by atoms with Crippen molar-refractivity contribution >= 4 is 11.9 Å². The third-order valence-corrected chi connectivity index (χ3v) is 3.18. The standard InChI is InChI=1S/C14H17NO4/c1-9(10-6-7-10)15-13(17)8-19-14(18)11-4-2-3-5-12(11)16/h2-5,9-10,16H,6-8H2,1H3,(H,15,17)/t9-/m1/s1. The minimum Gasteiger partial charge on any atom is -0.507 e. The Bertz CT molecular complexity index is 482. The molecule has 5 heteroatoms. The second-order valence-corrected chi connectivity index (χ2v) is 4.79. The number of nitrogens with one attached hydrogen (secondary N) is 1. The van der Waals surface area contributed by atoms with E-state index in [1.807, 2.05) is 6.92 Å². The van der Waals surface area contributed by atoms with E-state index in [0.717, 1.165) is 12.8 Å². The van der Waals surface area contributed by atoms with Crippen molar-refractivity contribution in [2.45, 2.75) is 25.8 Å². The zero-order valence-corrected chi connectivity index (χ0v) is 10.8. The number of carbonyl (C=O) groups excluding carboxylic acids is 2. The van der Waals surface area contributed by atoms with Crippen molar-refractivity contribution in [2.24, 2.45) is 5.92 Å². The second-order valence-electron chi connectivity index (χ2n) is 4.79. The van der Waals surface area contributed by atoms with Crippen LogP contribution >= 0.6 is 0 Å². The summed E-state index contributed by atoms with van der Waals surface area (Å²) < 4.78 is 4.86. The van der Waals surface area contributed by atoms with Crippen LogP contribution in [-0.4, -0.2) is 29.6 Å². The molecule has 1 amide bonds. The van der Waals surface area contributed by atoms with Gasteiger partial charge in [-0.15, -0.1) is 0 Å². The molecule has 2 rings (SSSR count). The summed E-state index contributed by atoms with van der Waals surface area (Å²) in [6, 6.07) is 6.19. The number of phenolic OH excluding ortho intramolecular Hbond substituents is 1. The average molecular weight is 263 g/mol. The molecule has 5 nitrogen and oxygen atoms in total. The highest BCUT2D eigenvalue weighted by Gasteiger charge is 2.29. The van der Waals surface area contributed by atoms with Gasteiger partial charge in [0.05, 0.1) is 0 Å². The molecule has 1 atom stereocenters. The Morgan fingerprint density at radius 1 is 1.42 bits per heavy atom. The fourth-order valence-corrected chi connectivity index (χ4v) is 1.86. The van der Waals surface area contributed by atoms with Gasteiger partial charge in [-0.3, -0.25) is 4.79 Å². The molecule has 0 radical (unpaired) electrons. The van der Waals surface area contributed by atoms with Crippen molar-refractivity contribution in [3.05, 3.63) is 29.8 Å². The lowest BCUT2D eigenvalue weighted by molar-refractivity contribution is -0.125. The van der Waals surface area contributed by atoms with Gasteiger partial charge in [-0.05, 0) is 37.8 Å². The first kappa shape index (κ1) is 13.4. The molecule has 102 valence electrons. The molecule has 0 unspecified atom stereocenters. The zero-order valence-electron chi connectivity index (χ0n) is 10.8. The summed E-state index contributed by atoms with van der Waals surface area (Å²) in [7, 11) is 0. The number of ether oxygens (including phenoxy) is 1. The number of rotatable bonds is 5. The molecule has 1 aromatic carbocycles. The van der Waals surface area contributed by atoms with Gasteiger partial charge in [0.2, 0.25) is 0 Å². The predicted molar refractivity (Wildman–Crippen MR) is 68.7 cm³/mol. The largest absolute Gasteiger partial charge is 0.507 e. The van der Waals surface area contributed by atoms with Gasteiger partial charge in [0.25, 0.3) is 5.91 Å². The highest BCUT2D eigenvalue weighted by atomic mass is 16.5. The van der Waals surface area contributed by atoms with E-state index in [-0.39, 0.29) is 29.9 Å².